The first-order valence-corrected chi connectivity index (χ1v) is 8.89. The van der Waals surface area contributed by atoms with Crippen molar-refractivity contribution in [3.63, 3.8) is 0 Å². The standard InChI is InChI=1S/C22H19N3O5/c1-28-18-10-8-17(9-11-18)25-24-16-6-4-14(5-7-16)15-12-19(21(26)29-2)23-20(13-15)22(27)30-3/h4-13H,1-3H3. The number of benzene rings is 2. The first kappa shape index (κ1) is 20.7. The number of azo groups is 1. The van der Waals surface area contributed by atoms with Crippen LogP contribution in [0.15, 0.2) is 70.9 Å². The van der Waals surface area contributed by atoms with Crippen molar-refractivity contribution in [2.24, 2.45) is 10.2 Å². The molecule has 0 aliphatic rings. The predicted octanol–water partition coefficient (Wildman–Crippen LogP) is 4.75. The molecule has 3 rings (SSSR count). The summed E-state index contributed by atoms with van der Waals surface area (Å²) >= 11 is 0. The van der Waals surface area contributed by atoms with E-state index in [0.29, 0.717) is 16.9 Å². The van der Waals surface area contributed by atoms with Crippen LogP contribution in [0.5, 0.6) is 5.75 Å². The summed E-state index contributed by atoms with van der Waals surface area (Å²) in [7, 11) is 4.09. The maximum Gasteiger partial charge on any atom is 0.356 e. The molecule has 0 radical (unpaired) electrons. The van der Waals surface area contributed by atoms with Crippen molar-refractivity contribution in [1.29, 1.82) is 0 Å². The van der Waals surface area contributed by atoms with Gasteiger partial charge in [-0.3, -0.25) is 0 Å². The summed E-state index contributed by atoms with van der Waals surface area (Å²) in [6.45, 7) is 0. The number of aromatic nitrogens is 1. The van der Waals surface area contributed by atoms with Crippen LogP contribution in [0.1, 0.15) is 21.0 Å². The van der Waals surface area contributed by atoms with Gasteiger partial charge in [0.2, 0.25) is 0 Å². The van der Waals surface area contributed by atoms with Crippen LogP contribution < -0.4 is 4.74 Å². The Labute approximate surface area is 173 Å². The van der Waals surface area contributed by atoms with Gasteiger partial charge in [-0.15, -0.1) is 0 Å². The molecular weight excluding hydrogens is 386 g/mol. The highest BCUT2D eigenvalue weighted by molar-refractivity contribution is 5.94. The largest absolute Gasteiger partial charge is 0.497 e. The van der Waals surface area contributed by atoms with Crippen LogP contribution >= 0.6 is 0 Å². The summed E-state index contributed by atoms with van der Waals surface area (Å²) < 4.78 is 14.5. The van der Waals surface area contributed by atoms with Gasteiger partial charge in [0.1, 0.15) is 17.1 Å². The number of nitrogens with zero attached hydrogens (tertiary/aromatic N) is 3. The third-order valence-electron chi connectivity index (χ3n) is 4.17. The lowest BCUT2D eigenvalue weighted by Crippen LogP contribution is -2.11. The molecule has 8 heteroatoms. The molecule has 1 aromatic heterocycles. The number of carbonyl (C=O) groups is 2. The van der Waals surface area contributed by atoms with E-state index < -0.39 is 11.9 Å². The second-order valence-corrected chi connectivity index (χ2v) is 6.05. The van der Waals surface area contributed by atoms with E-state index in [0.717, 1.165) is 11.3 Å². The van der Waals surface area contributed by atoms with Crippen molar-refractivity contribution in [3.8, 4) is 16.9 Å². The van der Waals surface area contributed by atoms with E-state index in [1.807, 2.05) is 0 Å². The zero-order valence-corrected chi connectivity index (χ0v) is 16.7. The lowest BCUT2D eigenvalue weighted by atomic mass is 10.0. The summed E-state index contributed by atoms with van der Waals surface area (Å²) in [5.74, 6) is -0.549. The van der Waals surface area contributed by atoms with Crippen LogP contribution in [0.2, 0.25) is 0 Å². The number of hydrogen-bond acceptors (Lipinski definition) is 8. The quantitative estimate of drug-likeness (QED) is 0.434. The Morgan fingerprint density at radius 2 is 1.17 bits per heavy atom. The predicted molar refractivity (Wildman–Crippen MR) is 110 cm³/mol. The van der Waals surface area contributed by atoms with Gasteiger partial charge < -0.3 is 14.2 Å². The average Bonchev–Trinajstić information content (AvgIpc) is 2.82. The van der Waals surface area contributed by atoms with Crippen molar-refractivity contribution in [3.05, 3.63) is 72.1 Å². The van der Waals surface area contributed by atoms with Crippen LogP contribution in [0.3, 0.4) is 0 Å². The SMILES string of the molecule is COC(=O)c1cc(-c2ccc(N=Nc3ccc(OC)cc3)cc2)cc(C(=O)OC)n1. The maximum absolute atomic E-state index is 11.9. The zero-order valence-electron chi connectivity index (χ0n) is 16.7. The fraction of sp³-hybridized carbons (Fsp3) is 0.136. The molecule has 0 aliphatic heterocycles. The Bertz CT molecular complexity index is 1040. The van der Waals surface area contributed by atoms with Crippen molar-refractivity contribution in [2.45, 2.75) is 0 Å². The molecule has 0 aliphatic carbocycles. The molecule has 3 aromatic rings. The molecule has 0 fully saturated rings. The van der Waals surface area contributed by atoms with Crippen LogP contribution in [0, 0.1) is 0 Å². The van der Waals surface area contributed by atoms with E-state index >= 15 is 0 Å². The van der Waals surface area contributed by atoms with Gasteiger partial charge in [0, 0.05) is 0 Å². The minimum absolute atomic E-state index is 0.0127. The number of pyridine rings is 1. The normalized spacial score (nSPS) is 10.6. The van der Waals surface area contributed by atoms with Crippen LogP contribution in [-0.4, -0.2) is 38.3 Å². The fourth-order valence-electron chi connectivity index (χ4n) is 2.60. The Morgan fingerprint density at radius 1 is 0.700 bits per heavy atom. The molecule has 0 saturated carbocycles. The number of methoxy groups -OCH3 is 3. The van der Waals surface area contributed by atoms with Gasteiger partial charge in [0.25, 0.3) is 0 Å². The molecule has 30 heavy (non-hydrogen) atoms. The van der Waals surface area contributed by atoms with Gasteiger partial charge in [-0.05, 0) is 59.7 Å². The van der Waals surface area contributed by atoms with Crippen LogP contribution in [0.25, 0.3) is 11.1 Å². The highest BCUT2D eigenvalue weighted by Gasteiger charge is 2.16. The molecule has 2 aromatic carbocycles. The topological polar surface area (TPSA) is 99.4 Å². The second kappa shape index (κ2) is 9.42. The van der Waals surface area contributed by atoms with E-state index in [1.54, 1.807) is 67.8 Å². The maximum atomic E-state index is 11.9. The van der Waals surface area contributed by atoms with Crippen LogP contribution in [-0.2, 0) is 9.47 Å². The summed E-state index contributed by atoms with van der Waals surface area (Å²) in [6.07, 6.45) is 0. The minimum Gasteiger partial charge on any atom is -0.497 e. The molecule has 0 N–H and O–H groups in total. The zero-order chi connectivity index (χ0) is 21.5. The third-order valence-corrected chi connectivity index (χ3v) is 4.17. The van der Waals surface area contributed by atoms with E-state index in [-0.39, 0.29) is 11.4 Å². The lowest BCUT2D eigenvalue weighted by molar-refractivity contribution is 0.0586. The van der Waals surface area contributed by atoms with E-state index in [9.17, 15) is 9.59 Å². The molecule has 0 unspecified atom stereocenters. The van der Waals surface area contributed by atoms with E-state index in [2.05, 4.69) is 15.2 Å². The van der Waals surface area contributed by atoms with Crippen molar-refractivity contribution in [1.82, 2.24) is 4.98 Å². The Balaban J connectivity index is 1.86. The summed E-state index contributed by atoms with van der Waals surface area (Å²) in [6, 6.07) is 17.5. The molecular formula is C22H19N3O5. The molecule has 152 valence electrons. The Kier molecular flexibility index (Phi) is 6.49. The number of ether oxygens (including phenoxy) is 3. The molecule has 1 heterocycles. The van der Waals surface area contributed by atoms with E-state index in [4.69, 9.17) is 14.2 Å². The van der Waals surface area contributed by atoms with Crippen molar-refractivity contribution in [2.75, 3.05) is 21.3 Å². The minimum atomic E-state index is -0.646. The van der Waals surface area contributed by atoms with Gasteiger partial charge >= 0.3 is 11.9 Å². The number of carbonyl (C=O) groups excluding carboxylic acids is 2. The number of hydrogen-bond donors (Lipinski definition) is 0. The molecule has 0 spiro atoms. The van der Waals surface area contributed by atoms with Crippen molar-refractivity contribution >= 4 is 23.3 Å². The lowest BCUT2D eigenvalue weighted by Gasteiger charge is -2.07. The molecule has 0 atom stereocenters. The Morgan fingerprint density at radius 3 is 1.60 bits per heavy atom. The van der Waals surface area contributed by atoms with E-state index in [1.165, 1.54) is 14.2 Å². The van der Waals surface area contributed by atoms with Gasteiger partial charge in [0.05, 0.1) is 32.7 Å². The third kappa shape index (κ3) is 4.85. The smallest absolute Gasteiger partial charge is 0.356 e. The first-order chi connectivity index (χ1) is 14.5. The van der Waals surface area contributed by atoms with Crippen LogP contribution in [0.4, 0.5) is 11.4 Å². The molecule has 0 bridgehead atoms. The monoisotopic (exact) mass is 405 g/mol. The second-order valence-electron chi connectivity index (χ2n) is 6.05. The van der Waals surface area contributed by atoms with Gasteiger partial charge in [-0.2, -0.15) is 10.2 Å². The number of esters is 2. The molecule has 8 nitrogen and oxygen atoms in total. The average molecular weight is 405 g/mol. The fourth-order valence-corrected chi connectivity index (χ4v) is 2.60. The summed E-state index contributed by atoms with van der Waals surface area (Å²) in [5.41, 5.74) is 2.74. The highest BCUT2D eigenvalue weighted by atomic mass is 16.5. The van der Waals surface area contributed by atoms with Gasteiger partial charge in [0.15, 0.2) is 0 Å². The molecule has 0 amide bonds. The summed E-state index contributed by atoms with van der Waals surface area (Å²) in [5, 5.41) is 8.40. The van der Waals surface area contributed by atoms with Gasteiger partial charge in [-0.25, -0.2) is 14.6 Å². The first-order valence-electron chi connectivity index (χ1n) is 8.89. The molecule has 0 saturated heterocycles. The van der Waals surface area contributed by atoms with Gasteiger partial charge in [-0.1, -0.05) is 12.1 Å². The van der Waals surface area contributed by atoms with Crippen molar-refractivity contribution < 1.29 is 23.8 Å². The summed E-state index contributed by atoms with van der Waals surface area (Å²) in [4.78, 5) is 27.8. The number of rotatable bonds is 6. The highest BCUT2D eigenvalue weighted by Crippen LogP contribution is 2.26. The Hall–Kier alpha value is -4.07.